The first-order chi connectivity index (χ1) is 9.47. The van der Waals surface area contributed by atoms with Crippen LogP contribution in [0.4, 0.5) is 10.5 Å². The predicted molar refractivity (Wildman–Crippen MR) is 75.0 cm³/mol. The van der Waals surface area contributed by atoms with Gasteiger partial charge in [0.05, 0.1) is 6.54 Å². The second kappa shape index (κ2) is 8.16. The summed E-state index contributed by atoms with van der Waals surface area (Å²) >= 11 is 5.76. The first-order valence-electron chi connectivity index (χ1n) is 6.01. The lowest BCUT2D eigenvalue weighted by Crippen LogP contribution is -2.33. The maximum absolute atomic E-state index is 11.5. The summed E-state index contributed by atoms with van der Waals surface area (Å²) in [6.07, 6.45) is 0.343. The first kappa shape index (κ1) is 16.0. The van der Waals surface area contributed by atoms with E-state index >= 15 is 0 Å². The van der Waals surface area contributed by atoms with Gasteiger partial charge in [-0.05, 0) is 24.6 Å². The number of aliphatic carboxylic acids is 1. The Hall–Kier alpha value is -2.08. The van der Waals surface area contributed by atoms with E-state index in [1.54, 1.807) is 24.3 Å². The van der Waals surface area contributed by atoms with Crippen molar-refractivity contribution in [3.05, 3.63) is 29.3 Å². The van der Waals surface area contributed by atoms with E-state index in [9.17, 15) is 14.4 Å². The number of anilines is 1. The first-order valence-corrected chi connectivity index (χ1v) is 6.39. The standard InChI is InChI=1S/C13H15ClN2O4/c14-9-3-1-4-10(7-9)16-13(20)15-8-11(17)5-2-6-12(18)19/h1,3-4,7H,2,5-6,8H2,(H,18,19)(H2,15,16,20). The molecular weight excluding hydrogens is 284 g/mol. The van der Waals surface area contributed by atoms with Crippen molar-refractivity contribution < 1.29 is 19.5 Å². The SMILES string of the molecule is O=C(O)CCCC(=O)CNC(=O)Nc1cccc(Cl)c1. The number of hydrogen-bond acceptors (Lipinski definition) is 3. The van der Waals surface area contributed by atoms with Crippen molar-refractivity contribution in [1.82, 2.24) is 5.32 Å². The molecule has 0 saturated heterocycles. The fourth-order valence-electron chi connectivity index (χ4n) is 1.45. The molecule has 0 aliphatic rings. The van der Waals surface area contributed by atoms with Gasteiger partial charge in [0.1, 0.15) is 0 Å². The largest absolute Gasteiger partial charge is 0.481 e. The van der Waals surface area contributed by atoms with Crippen LogP contribution >= 0.6 is 11.6 Å². The minimum absolute atomic E-state index is 0.0551. The van der Waals surface area contributed by atoms with E-state index in [0.717, 1.165) is 0 Å². The molecule has 0 unspecified atom stereocenters. The number of carbonyl (C=O) groups is 3. The van der Waals surface area contributed by atoms with Gasteiger partial charge in [0.25, 0.3) is 0 Å². The van der Waals surface area contributed by atoms with Gasteiger partial charge in [-0.2, -0.15) is 0 Å². The van der Waals surface area contributed by atoms with Crippen LogP contribution in [0.1, 0.15) is 19.3 Å². The third kappa shape index (κ3) is 6.75. The Balaban J connectivity index is 2.26. The molecule has 0 aliphatic carbocycles. The maximum Gasteiger partial charge on any atom is 0.319 e. The van der Waals surface area contributed by atoms with Gasteiger partial charge >= 0.3 is 12.0 Å². The van der Waals surface area contributed by atoms with E-state index < -0.39 is 12.0 Å². The Morgan fingerprint density at radius 2 is 1.95 bits per heavy atom. The normalized spacial score (nSPS) is 9.85. The molecule has 0 saturated carbocycles. The average Bonchev–Trinajstić information content (AvgIpc) is 2.36. The molecule has 0 aromatic heterocycles. The van der Waals surface area contributed by atoms with E-state index in [2.05, 4.69) is 10.6 Å². The van der Waals surface area contributed by atoms with Crippen LogP contribution in [0.25, 0.3) is 0 Å². The van der Waals surface area contributed by atoms with Crippen LogP contribution in [-0.2, 0) is 9.59 Å². The predicted octanol–water partition coefficient (Wildman–Crippen LogP) is 2.29. The second-order valence-corrected chi connectivity index (χ2v) is 4.54. The minimum Gasteiger partial charge on any atom is -0.481 e. The molecule has 0 fully saturated rings. The van der Waals surface area contributed by atoms with Crippen molar-refractivity contribution >= 4 is 35.1 Å². The topological polar surface area (TPSA) is 95.5 Å². The van der Waals surface area contributed by atoms with Crippen LogP contribution in [-0.4, -0.2) is 29.4 Å². The Bertz CT molecular complexity index is 505. The number of benzene rings is 1. The molecule has 0 aliphatic heterocycles. The molecule has 1 aromatic carbocycles. The van der Waals surface area contributed by atoms with Crippen LogP contribution in [0.3, 0.4) is 0 Å². The van der Waals surface area contributed by atoms with Crippen molar-refractivity contribution in [2.75, 3.05) is 11.9 Å². The number of nitrogens with one attached hydrogen (secondary N) is 2. The molecule has 0 spiro atoms. The van der Waals surface area contributed by atoms with Crippen LogP contribution in [0.2, 0.25) is 5.02 Å². The smallest absolute Gasteiger partial charge is 0.319 e. The van der Waals surface area contributed by atoms with E-state index in [-0.39, 0.29) is 31.6 Å². The van der Waals surface area contributed by atoms with Gasteiger partial charge < -0.3 is 15.7 Å². The molecule has 1 rings (SSSR count). The van der Waals surface area contributed by atoms with Crippen molar-refractivity contribution in [1.29, 1.82) is 0 Å². The summed E-state index contributed by atoms with van der Waals surface area (Å²) in [6, 6.07) is 6.10. The highest BCUT2D eigenvalue weighted by atomic mass is 35.5. The fraction of sp³-hybridized carbons (Fsp3) is 0.308. The van der Waals surface area contributed by atoms with Gasteiger partial charge in [-0.25, -0.2) is 4.79 Å². The Kier molecular flexibility index (Phi) is 6.52. The lowest BCUT2D eigenvalue weighted by Gasteiger charge is -2.07. The van der Waals surface area contributed by atoms with Crippen molar-refractivity contribution in [2.45, 2.75) is 19.3 Å². The van der Waals surface area contributed by atoms with Crippen LogP contribution in [0.5, 0.6) is 0 Å². The van der Waals surface area contributed by atoms with Crippen LogP contribution in [0, 0.1) is 0 Å². The zero-order chi connectivity index (χ0) is 15.0. The van der Waals surface area contributed by atoms with E-state index in [0.29, 0.717) is 10.7 Å². The number of carbonyl (C=O) groups excluding carboxylic acids is 2. The zero-order valence-corrected chi connectivity index (χ0v) is 11.4. The third-order valence-corrected chi connectivity index (χ3v) is 2.61. The van der Waals surface area contributed by atoms with Gasteiger partial charge in [0.2, 0.25) is 0 Å². The Labute approximate surface area is 121 Å². The molecule has 7 heteroatoms. The lowest BCUT2D eigenvalue weighted by atomic mass is 10.2. The lowest BCUT2D eigenvalue weighted by molar-refractivity contribution is -0.137. The average molecular weight is 299 g/mol. The summed E-state index contributed by atoms with van der Waals surface area (Å²) in [5.74, 6) is -1.16. The number of carboxylic acid groups (broad SMARTS) is 1. The number of rotatable bonds is 7. The highest BCUT2D eigenvalue weighted by molar-refractivity contribution is 6.30. The molecule has 0 heterocycles. The molecule has 0 bridgehead atoms. The number of halogens is 1. The zero-order valence-electron chi connectivity index (χ0n) is 10.7. The molecular formula is C13H15ClN2O4. The van der Waals surface area contributed by atoms with E-state index in [1.807, 2.05) is 0 Å². The Morgan fingerprint density at radius 1 is 1.20 bits per heavy atom. The Morgan fingerprint density at radius 3 is 2.60 bits per heavy atom. The molecule has 108 valence electrons. The van der Waals surface area contributed by atoms with Crippen LogP contribution in [0.15, 0.2) is 24.3 Å². The minimum atomic E-state index is -0.940. The molecule has 20 heavy (non-hydrogen) atoms. The van der Waals surface area contributed by atoms with Crippen molar-refractivity contribution in [2.24, 2.45) is 0 Å². The van der Waals surface area contributed by atoms with Gasteiger partial charge in [0.15, 0.2) is 5.78 Å². The summed E-state index contributed by atoms with van der Waals surface area (Å²) in [4.78, 5) is 33.2. The third-order valence-electron chi connectivity index (χ3n) is 2.37. The van der Waals surface area contributed by atoms with Crippen LogP contribution < -0.4 is 10.6 Å². The number of ketones is 1. The highest BCUT2D eigenvalue weighted by Gasteiger charge is 2.07. The summed E-state index contributed by atoms with van der Waals surface area (Å²) in [5, 5.41) is 13.9. The fourth-order valence-corrected chi connectivity index (χ4v) is 1.64. The van der Waals surface area contributed by atoms with E-state index in [4.69, 9.17) is 16.7 Å². The monoisotopic (exact) mass is 298 g/mol. The van der Waals surface area contributed by atoms with Crippen molar-refractivity contribution in [3.63, 3.8) is 0 Å². The summed E-state index contributed by atoms with van der Waals surface area (Å²) < 4.78 is 0. The quantitative estimate of drug-likeness (QED) is 0.719. The number of amides is 2. The summed E-state index contributed by atoms with van der Waals surface area (Å²) in [5.41, 5.74) is 0.522. The second-order valence-electron chi connectivity index (χ2n) is 4.10. The number of Topliss-reactive ketones (excluding diaryl/α,β-unsaturated/α-hetero) is 1. The van der Waals surface area contributed by atoms with Gasteiger partial charge in [0, 0.05) is 23.6 Å². The molecule has 6 nitrogen and oxygen atoms in total. The molecule has 2 amide bonds. The number of carboxylic acids is 1. The summed E-state index contributed by atoms with van der Waals surface area (Å²) in [7, 11) is 0. The number of urea groups is 1. The molecule has 1 aromatic rings. The summed E-state index contributed by atoms with van der Waals surface area (Å²) in [6.45, 7) is -0.133. The maximum atomic E-state index is 11.5. The number of hydrogen-bond donors (Lipinski definition) is 3. The van der Waals surface area contributed by atoms with Gasteiger partial charge in [-0.1, -0.05) is 17.7 Å². The molecule has 0 radical (unpaired) electrons. The highest BCUT2D eigenvalue weighted by Crippen LogP contribution is 2.14. The molecule has 0 atom stereocenters. The van der Waals surface area contributed by atoms with E-state index in [1.165, 1.54) is 0 Å². The van der Waals surface area contributed by atoms with Gasteiger partial charge in [-0.3, -0.25) is 9.59 Å². The molecule has 3 N–H and O–H groups in total. The van der Waals surface area contributed by atoms with Crippen molar-refractivity contribution in [3.8, 4) is 0 Å². The van der Waals surface area contributed by atoms with Gasteiger partial charge in [-0.15, -0.1) is 0 Å².